The summed E-state index contributed by atoms with van der Waals surface area (Å²) in [5, 5.41) is 11.9. The maximum Gasteiger partial charge on any atom is 0.335 e. The van der Waals surface area contributed by atoms with Crippen molar-refractivity contribution in [2.75, 3.05) is 10.2 Å². The molecule has 7 heteroatoms. The van der Waals surface area contributed by atoms with Crippen LogP contribution in [0.15, 0.2) is 48.5 Å². The largest absolute Gasteiger partial charge is 0.478 e. The third-order valence-electron chi connectivity index (χ3n) is 4.15. The molecule has 1 unspecified atom stereocenters. The summed E-state index contributed by atoms with van der Waals surface area (Å²) in [6.45, 7) is 1.44. The lowest BCUT2D eigenvalue weighted by Gasteiger charge is -2.16. The number of carbonyl (C=O) groups excluding carboxylic acids is 3. The molecule has 7 nitrogen and oxygen atoms in total. The summed E-state index contributed by atoms with van der Waals surface area (Å²) in [5.41, 5.74) is 1.60. The van der Waals surface area contributed by atoms with Gasteiger partial charge in [-0.2, -0.15) is 0 Å². The summed E-state index contributed by atoms with van der Waals surface area (Å²) < 4.78 is 0. The number of ketones is 1. The Morgan fingerprint density at radius 1 is 1.00 bits per heavy atom. The van der Waals surface area contributed by atoms with Crippen molar-refractivity contribution < 1.29 is 24.3 Å². The molecule has 0 saturated carbocycles. The summed E-state index contributed by atoms with van der Waals surface area (Å²) in [4.78, 5) is 48.2. The van der Waals surface area contributed by atoms with Crippen molar-refractivity contribution in [3.05, 3.63) is 59.7 Å². The summed E-state index contributed by atoms with van der Waals surface area (Å²) in [6.07, 6.45) is -0.00598. The van der Waals surface area contributed by atoms with Crippen LogP contribution in [0, 0.1) is 0 Å². The van der Waals surface area contributed by atoms with Crippen LogP contribution in [-0.2, 0) is 9.59 Å². The molecule has 0 aliphatic carbocycles. The van der Waals surface area contributed by atoms with E-state index in [1.54, 1.807) is 36.4 Å². The zero-order valence-corrected chi connectivity index (χ0v) is 13.9. The number of hydrogen-bond donors (Lipinski definition) is 2. The van der Waals surface area contributed by atoms with E-state index in [0.29, 0.717) is 16.9 Å². The highest BCUT2D eigenvalue weighted by molar-refractivity contribution is 6.23. The van der Waals surface area contributed by atoms with Gasteiger partial charge in [0.25, 0.3) is 5.91 Å². The summed E-state index contributed by atoms with van der Waals surface area (Å²) in [6, 6.07) is 11.5. The molecule has 26 heavy (non-hydrogen) atoms. The lowest BCUT2D eigenvalue weighted by atomic mass is 10.1. The van der Waals surface area contributed by atoms with E-state index in [0.717, 1.165) is 4.90 Å². The molecule has 2 aromatic carbocycles. The molecule has 1 aliphatic heterocycles. The maximum absolute atomic E-state index is 12.6. The second-order valence-electron chi connectivity index (χ2n) is 5.95. The Kier molecular flexibility index (Phi) is 4.53. The highest BCUT2D eigenvalue weighted by Crippen LogP contribution is 2.25. The highest BCUT2D eigenvalue weighted by atomic mass is 16.4. The standard InChI is InChI=1S/C19H16N2O5/c1-11(22)12-4-8-15(9-5-12)21-17(23)10-16(18(21)24)20-14-6-2-13(3-7-14)19(25)26/h2-9,16,20H,10H2,1H3,(H,25,26). The van der Waals surface area contributed by atoms with E-state index in [1.807, 2.05) is 0 Å². The van der Waals surface area contributed by atoms with Gasteiger partial charge >= 0.3 is 5.97 Å². The van der Waals surface area contributed by atoms with Crippen LogP contribution in [0.2, 0.25) is 0 Å². The van der Waals surface area contributed by atoms with E-state index < -0.39 is 17.9 Å². The van der Waals surface area contributed by atoms with Crippen LogP contribution in [-0.4, -0.2) is 34.7 Å². The minimum Gasteiger partial charge on any atom is -0.478 e. The van der Waals surface area contributed by atoms with Gasteiger partial charge in [0, 0.05) is 11.3 Å². The average molecular weight is 352 g/mol. The molecule has 1 heterocycles. The molecule has 2 N–H and O–H groups in total. The average Bonchev–Trinajstić information content (AvgIpc) is 2.89. The molecule has 1 aliphatic rings. The number of carboxylic acid groups (broad SMARTS) is 1. The molecule has 0 radical (unpaired) electrons. The van der Waals surface area contributed by atoms with Crippen LogP contribution in [0.4, 0.5) is 11.4 Å². The number of carboxylic acids is 1. The molecule has 2 amide bonds. The van der Waals surface area contributed by atoms with E-state index in [1.165, 1.54) is 19.1 Å². The van der Waals surface area contributed by atoms with Crippen LogP contribution in [0.1, 0.15) is 34.1 Å². The predicted octanol–water partition coefficient (Wildman–Crippen LogP) is 2.33. The topological polar surface area (TPSA) is 104 Å². The van der Waals surface area contributed by atoms with Gasteiger partial charge in [-0.3, -0.25) is 14.4 Å². The van der Waals surface area contributed by atoms with Crippen molar-refractivity contribution in [1.82, 2.24) is 0 Å². The van der Waals surface area contributed by atoms with Crippen molar-refractivity contribution in [2.45, 2.75) is 19.4 Å². The third kappa shape index (κ3) is 3.32. The number of amides is 2. The van der Waals surface area contributed by atoms with E-state index in [4.69, 9.17) is 5.11 Å². The summed E-state index contributed by atoms with van der Waals surface area (Å²) >= 11 is 0. The molecule has 1 fully saturated rings. The number of nitrogens with one attached hydrogen (secondary N) is 1. The van der Waals surface area contributed by atoms with Gasteiger partial charge in [-0.15, -0.1) is 0 Å². The number of carbonyl (C=O) groups is 4. The van der Waals surface area contributed by atoms with Crippen LogP contribution >= 0.6 is 0 Å². The van der Waals surface area contributed by atoms with Crippen LogP contribution in [0.25, 0.3) is 0 Å². The quantitative estimate of drug-likeness (QED) is 0.632. The van der Waals surface area contributed by atoms with Gasteiger partial charge in [-0.05, 0) is 55.5 Å². The Morgan fingerprint density at radius 3 is 2.12 bits per heavy atom. The Balaban J connectivity index is 1.76. The number of nitrogens with zero attached hydrogens (tertiary/aromatic N) is 1. The first kappa shape index (κ1) is 17.3. The molecule has 0 aromatic heterocycles. The number of aromatic carboxylic acids is 1. The van der Waals surface area contributed by atoms with Gasteiger partial charge in [-0.1, -0.05) is 0 Å². The first-order chi connectivity index (χ1) is 12.4. The van der Waals surface area contributed by atoms with Gasteiger partial charge in [-0.25, -0.2) is 9.69 Å². The SMILES string of the molecule is CC(=O)c1ccc(N2C(=O)CC(Nc3ccc(C(=O)O)cc3)C2=O)cc1. The third-order valence-corrected chi connectivity index (χ3v) is 4.15. The zero-order valence-electron chi connectivity index (χ0n) is 13.9. The van der Waals surface area contributed by atoms with Crippen molar-refractivity contribution in [1.29, 1.82) is 0 Å². The van der Waals surface area contributed by atoms with Crippen LogP contribution in [0.3, 0.4) is 0 Å². The van der Waals surface area contributed by atoms with Crippen molar-refractivity contribution in [2.24, 2.45) is 0 Å². The van der Waals surface area contributed by atoms with E-state index in [9.17, 15) is 19.2 Å². The van der Waals surface area contributed by atoms with Gasteiger partial charge in [0.1, 0.15) is 6.04 Å². The molecule has 1 saturated heterocycles. The number of Topliss-reactive ketones (excluding diaryl/α,β-unsaturated/α-hetero) is 1. The zero-order chi connectivity index (χ0) is 18.8. The second-order valence-corrected chi connectivity index (χ2v) is 5.95. The minimum atomic E-state index is -1.04. The molecule has 0 bridgehead atoms. The Hall–Kier alpha value is -3.48. The van der Waals surface area contributed by atoms with Crippen LogP contribution < -0.4 is 10.2 Å². The molecule has 132 valence electrons. The van der Waals surface area contributed by atoms with Crippen molar-refractivity contribution in [3.63, 3.8) is 0 Å². The first-order valence-electron chi connectivity index (χ1n) is 7.94. The van der Waals surface area contributed by atoms with Gasteiger partial charge in [0.15, 0.2) is 5.78 Å². The van der Waals surface area contributed by atoms with E-state index >= 15 is 0 Å². The number of hydrogen-bond acceptors (Lipinski definition) is 5. The normalized spacial score (nSPS) is 16.7. The van der Waals surface area contributed by atoms with Crippen molar-refractivity contribution in [3.8, 4) is 0 Å². The maximum atomic E-state index is 12.6. The summed E-state index contributed by atoms with van der Waals surface area (Å²) in [7, 11) is 0. The van der Waals surface area contributed by atoms with Crippen LogP contribution in [0.5, 0.6) is 0 Å². The molecule has 1 atom stereocenters. The first-order valence-corrected chi connectivity index (χ1v) is 7.94. The van der Waals surface area contributed by atoms with Gasteiger partial charge in [0.2, 0.25) is 5.91 Å². The monoisotopic (exact) mass is 352 g/mol. The summed E-state index contributed by atoms with van der Waals surface area (Å²) in [5.74, 6) is -1.87. The molecule has 2 aromatic rings. The fourth-order valence-electron chi connectivity index (χ4n) is 2.77. The smallest absolute Gasteiger partial charge is 0.335 e. The van der Waals surface area contributed by atoms with Gasteiger partial charge < -0.3 is 10.4 Å². The van der Waals surface area contributed by atoms with E-state index in [2.05, 4.69) is 5.32 Å². The minimum absolute atomic E-state index is 0.00598. The molecule has 3 rings (SSSR count). The predicted molar refractivity (Wildman–Crippen MR) is 94.4 cm³/mol. The molecular formula is C19H16N2O5. The molecular weight excluding hydrogens is 336 g/mol. The Morgan fingerprint density at radius 2 is 1.58 bits per heavy atom. The fourth-order valence-corrected chi connectivity index (χ4v) is 2.77. The second kappa shape index (κ2) is 6.79. The number of benzene rings is 2. The molecule has 0 spiro atoms. The van der Waals surface area contributed by atoms with Gasteiger partial charge in [0.05, 0.1) is 17.7 Å². The number of imide groups is 1. The highest BCUT2D eigenvalue weighted by Gasteiger charge is 2.39. The number of anilines is 2. The Bertz CT molecular complexity index is 887. The lowest BCUT2D eigenvalue weighted by Crippen LogP contribution is -2.34. The Labute approximate surface area is 149 Å². The number of rotatable bonds is 5. The van der Waals surface area contributed by atoms with Crippen molar-refractivity contribution >= 4 is 34.9 Å². The lowest BCUT2D eigenvalue weighted by molar-refractivity contribution is -0.121. The van der Waals surface area contributed by atoms with E-state index in [-0.39, 0.29) is 23.7 Å². The fraction of sp³-hybridized carbons (Fsp3) is 0.158.